The van der Waals surface area contributed by atoms with Crippen molar-refractivity contribution in [3.05, 3.63) is 70.0 Å². The standard InChI is InChI=1S/C28H31ClF7N3O2/c1-16-10-22(30)5-6-23(16)24-13-18(7-9-39(24)38-25(40)4-3-8-29)26(41)37-15-17(2)19-11-20(27(31,32)33)14-21(12-19)28(34,35)36/h5-6,10-12,14,17-18,24H,3-4,7-9,13,15H2,1-2H3,(H,37,41)(H,38,40)/t17-,18-,24?/m0/s1. The average molecular weight is 610 g/mol. The van der Waals surface area contributed by atoms with Gasteiger partial charge < -0.3 is 5.32 Å². The predicted molar refractivity (Wildman–Crippen MR) is 139 cm³/mol. The Hall–Kier alpha value is -2.86. The van der Waals surface area contributed by atoms with Gasteiger partial charge in [0, 0.05) is 31.3 Å². The van der Waals surface area contributed by atoms with Crippen molar-refractivity contribution in [3.8, 4) is 0 Å². The fourth-order valence-corrected chi connectivity index (χ4v) is 5.00. The number of aryl methyl sites for hydroxylation is 1. The van der Waals surface area contributed by atoms with E-state index in [-0.39, 0.29) is 43.5 Å². The summed E-state index contributed by atoms with van der Waals surface area (Å²) in [5.74, 6) is -2.22. The first-order chi connectivity index (χ1) is 19.1. The SMILES string of the molecule is Cc1cc(F)ccc1C1C[C@@H](C(=O)NC[C@H](C)c2cc(C(F)(F)F)cc(C(F)(F)F)c2)CCN1NC(=O)CCCCl. The molecule has 226 valence electrons. The van der Waals surface area contributed by atoms with Crippen molar-refractivity contribution in [2.75, 3.05) is 19.0 Å². The fourth-order valence-electron chi connectivity index (χ4n) is 4.87. The van der Waals surface area contributed by atoms with Crippen molar-refractivity contribution in [3.63, 3.8) is 0 Å². The minimum atomic E-state index is -4.97. The largest absolute Gasteiger partial charge is 0.416 e. The maximum Gasteiger partial charge on any atom is 0.416 e. The summed E-state index contributed by atoms with van der Waals surface area (Å²) in [4.78, 5) is 25.5. The van der Waals surface area contributed by atoms with Crippen LogP contribution in [0.25, 0.3) is 0 Å². The number of rotatable bonds is 9. The van der Waals surface area contributed by atoms with Crippen LogP contribution in [0.5, 0.6) is 0 Å². The van der Waals surface area contributed by atoms with Crippen LogP contribution in [0, 0.1) is 18.7 Å². The van der Waals surface area contributed by atoms with Gasteiger partial charge in [-0.05, 0) is 79.1 Å². The van der Waals surface area contributed by atoms with Crippen molar-refractivity contribution in [1.82, 2.24) is 15.8 Å². The third kappa shape index (κ3) is 8.81. The molecule has 2 aromatic rings. The number of halogens is 8. The molecule has 1 aliphatic heterocycles. The second-order valence-corrected chi connectivity index (χ2v) is 10.6. The van der Waals surface area contributed by atoms with Gasteiger partial charge in [-0.2, -0.15) is 26.3 Å². The van der Waals surface area contributed by atoms with E-state index in [0.29, 0.717) is 42.0 Å². The summed E-state index contributed by atoms with van der Waals surface area (Å²) in [7, 11) is 0. The van der Waals surface area contributed by atoms with E-state index in [1.165, 1.54) is 19.1 Å². The zero-order valence-corrected chi connectivity index (χ0v) is 23.2. The molecule has 1 aliphatic rings. The summed E-state index contributed by atoms with van der Waals surface area (Å²) in [5, 5.41) is 4.36. The Bertz CT molecular complexity index is 1200. The van der Waals surface area contributed by atoms with E-state index in [9.17, 15) is 40.3 Å². The third-order valence-corrected chi connectivity index (χ3v) is 7.40. The molecule has 0 bridgehead atoms. The Kier molecular flexibility index (Phi) is 10.7. The van der Waals surface area contributed by atoms with Gasteiger partial charge in [-0.25, -0.2) is 9.40 Å². The molecule has 0 saturated carbocycles. The van der Waals surface area contributed by atoms with Crippen LogP contribution in [-0.4, -0.2) is 35.8 Å². The molecule has 0 aromatic heterocycles. The van der Waals surface area contributed by atoms with E-state index < -0.39 is 53.1 Å². The maximum absolute atomic E-state index is 13.8. The average Bonchev–Trinajstić information content (AvgIpc) is 2.89. The molecule has 1 saturated heterocycles. The zero-order valence-electron chi connectivity index (χ0n) is 22.4. The van der Waals surface area contributed by atoms with Crippen LogP contribution in [0.4, 0.5) is 30.7 Å². The lowest BCUT2D eigenvalue weighted by molar-refractivity contribution is -0.143. The van der Waals surface area contributed by atoms with E-state index in [2.05, 4.69) is 10.7 Å². The first-order valence-corrected chi connectivity index (χ1v) is 13.6. The highest BCUT2D eigenvalue weighted by molar-refractivity contribution is 6.17. The fraction of sp³-hybridized carbons (Fsp3) is 0.500. The summed E-state index contributed by atoms with van der Waals surface area (Å²) in [6.45, 7) is 3.23. The van der Waals surface area contributed by atoms with Gasteiger partial charge in [0.25, 0.3) is 0 Å². The van der Waals surface area contributed by atoms with E-state index in [1.54, 1.807) is 18.0 Å². The molecule has 2 amide bonds. The second-order valence-electron chi connectivity index (χ2n) is 10.2. The molecule has 1 unspecified atom stereocenters. The van der Waals surface area contributed by atoms with Crippen molar-refractivity contribution in [2.24, 2.45) is 5.92 Å². The summed E-state index contributed by atoms with van der Waals surface area (Å²) in [5.41, 5.74) is 1.12. The molecule has 3 atom stereocenters. The summed E-state index contributed by atoms with van der Waals surface area (Å²) >= 11 is 5.68. The molecule has 0 radical (unpaired) electrons. The molecule has 1 fully saturated rings. The number of hydrazine groups is 1. The lowest BCUT2D eigenvalue weighted by Crippen LogP contribution is -2.50. The van der Waals surface area contributed by atoms with Gasteiger partial charge >= 0.3 is 12.4 Å². The van der Waals surface area contributed by atoms with Crippen LogP contribution in [0.15, 0.2) is 36.4 Å². The van der Waals surface area contributed by atoms with Crippen LogP contribution in [-0.2, 0) is 21.9 Å². The Morgan fingerprint density at radius 1 is 1.05 bits per heavy atom. The highest BCUT2D eigenvalue weighted by atomic mass is 35.5. The molecular weight excluding hydrogens is 579 g/mol. The molecule has 0 spiro atoms. The van der Waals surface area contributed by atoms with E-state index >= 15 is 0 Å². The highest BCUT2D eigenvalue weighted by Crippen LogP contribution is 2.38. The quantitative estimate of drug-likeness (QED) is 0.240. The van der Waals surface area contributed by atoms with Crippen molar-refractivity contribution < 1.29 is 40.3 Å². The number of carbonyl (C=O) groups excluding carboxylic acids is 2. The lowest BCUT2D eigenvalue weighted by atomic mass is 9.85. The minimum Gasteiger partial charge on any atom is -0.355 e. The smallest absolute Gasteiger partial charge is 0.355 e. The monoisotopic (exact) mass is 609 g/mol. The number of nitrogens with zero attached hydrogens (tertiary/aromatic N) is 1. The normalized spacial score (nSPS) is 19.1. The van der Waals surface area contributed by atoms with Gasteiger partial charge in [0.15, 0.2) is 0 Å². The molecule has 1 heterocycles. The van der Waals surface area contributed by atoms with Crippen molar-refractivity contribution in [1.29, 1.82) is 0 Å². The summed E-state index contributed by atoms with van der Waals surface area (Å²) in [6.07, 6.45) is -8.71. The number of hydrogen-bond acceptors (Lipinski definition) is 3. The number of alkyl halides is 7. The van der Waals surface area contributed by atoms with E-state index in [0.717, 1.165) is 0 Å². The zero-order chi connectivity index (χ0) is 30.5. The minimum absolute atomic E-state index is 0.0641. The molecule has 2 N–H and O–H groups in total. The van der Waals surface area contributed by atoms with Crippen LogP contribution >= 0.6 is 11.6 Å². The third-order valence-electron chi connectivity index (χ3n) is 7.13. The van der Waals surface area contributed by atoms with Crippen LogP contribution in [0.2, 0.25) is 0 Å². The number of amides is 2. The first-order valence-electron chi connectivity index (χ1n) is 13.0. The molecule has 0 aliphatic carbocycles. The van der Waals surface area contributed by atoms with Crippen LogP contribution < -0.4 is 10.7 Å². The summed E-state index contributed by atoms with van der Waals surface area (Å²) < 4.78 is 93.3. The number of piperidine rings is 1. The van der Waals surface area contributed by atoms with Gasteiger partial charge in [-0.3, -0.25) is 15.0 Å². The van der Waals surface area contributed by atoms with Crippen LogP contribution in [0.3, 0.4) is 0 Å². The number of benzene rings is 2. The van der Waals surface area contributed by atoms with E-state index in [4.69, 9.17) is 11.6 Å². The van der Waals surface area contributed by atoms with Gasteiger partial charge in [0.2, 0.25) is 11.8 Å². The van der Waals surface area contributed by atoms with Crippen molar-refractivity contribution in [2.45, 2.75) is 63.8 Å². The van der Waals surface area contributed by atoms with Gasteiger partial charge in [0.1, 0.15) is 5.82 Å². The molecule has 13 heteroatoms. The molecule has 41 heavy (non-hydrogen) atoms. The Morgan fingerprint density at radius 2 is 1.68 bits per heavy atom. The molecular formula is C28H31ClF7N3O2. The van der Waals surface area contributed by atoms with Crippen LogP contribution in [0.1, 0.15) is 72.4 Å². The van der Waals surface area contributed by atoms with Crippen molar-refractivity contribution >= 4 is 23.4 Å². The Morgan fingerprint density at radius 3 is 2.24 bits per heavy atom. The van der Waals surface area contributed by atoms with Gasteiger partial charge in [-0.15, -0.1) is 11.6 Å². The maximum atomic E-state index is 13.8. The van der Waals surface area contributed by atoms with Gasteiger partial charge in [0.05, 0.1) is 17.2 Å². The highest BCUT2D eigenvalue weighted by Gasteiger charge is 2.38. The molecule has 5 nitrogen and oxygen atoms in total. The predicted octanol–water partition coefficient (Wildman–Crippen LogP) is 6.89. The Balaban J connectivity index is 1.75. The second kappa shape index (κ2) is 13.4. The summed E-state index contributed by atoms with van der Waals surface area (Å²) in [6, 6.07) is 5.12. The molecule has 3 rings (SSSR count). The number of nitrogens with one attached hydrogen (secondary N) is 2. The number of hydrogen-bond donors (Lipinski definition) is 2. The molecule has 2 aromatic carbocycles. The first kappa shape index (κ1) is 32.7. The number of carbonyl (C=O) groups is 2. The Labute approximate surface area is 238 Å². The lowest BCUT2D eigenvalue weighted by Gasteiger charge is -2.39. The topological polar surface area (TPSA) is 61.4 Å². The van der Waals surface area contributed by atoms with Gasteiger partial charge in [-0.1, -0.05) is 13.0 Å². The van der Waals surface area contributed by atoms with E-state index in [1.807, 2.05) is 0 Å².